The molecule has 0 bridgehead atoms. The molecular formula is C24H25N3O2S. The van der Waals surface area contributed by atoms with Crippen molar-refractivity contribution in [1.29, 1.82) is 0 Å². The third-order valence-electron chi connectivity index (χ3n) is 5.93. The Hall–Kier alpha value is -2.60. The van der Waals surface area contributed by atoms with Gasteiger partial charge in [0.05, 0.1) is 11.3 Å². The maximum atomic E-state index is 13.2. The van der Waals surface area contributed by atoms with Gasteiger partial charge in [-0.15, -0.1) is 0 Å². The Morgan fingerprint density at radius 1 is 1.10 bits per heavy atom. The van der Waals surface area contributed by atoms with Gasteiger partial charge in [-0.25, -0.2) is 0 Å². The second kappa shape index (κ2) is 8.26. The first kappa shape index (κ1) is 19.4. The van der Waals surface area contributed by atoms with Gasteiger partial charge in [-0.05, 0) is 49.6 Å². The maximum absolute atomic E-state index is 13.2. The van der Waals surface area contributed by atoms with Crippen molar-refractivity contribution >= 4 is 23.4 Å². The molecule has 5 nitrogen and oxygen atoms in total. The molecule has 6 heteroatoms. The van der Waals surface area contributed by atoms with Gasteiger partial charge < -0.3 is 9.42 Å². The summed E-state index contributed by atoms with van der Waals surface area (Å²) in [6.07, 6.45) is 6.93. The Kier molecular flexibility index (Phi) is 5.34. The Morgan fingerprint density at radius 2 is 1.93 bits per heavy atom. The molecule has 1 amide bonds. The van der Waals surface area contributed by atoms with Crippen LogP contribution >= 0.6 is 11.8 Å². The summed E-state index contributed by atoms with van der Waals surface area (Å²) in [7, 11) is 0. The van der Waals surface area contributed by atoms with E-state index in [4.69, 9.17) is 9.51 Å². The maximum Gasteiger partial charge on any atom is 0.259 e. The number of fused-ring (bicyclic) bond motifs is 2. The number of aromatic nitrogens is 2. The molecule has 2 heterocycles. The first-order valence-corrected chi connectivity index (χ1v) is 11.6. The van der Waals surface area contributed by atoms with Gasteiger partial charge in [-0.1, -0.05) is 55.2 Å². The minimum Gasteiger partial charge on any atom is -0.339 e. The minimum absolute atomic E-state index is 0.0607. The number of carbonyl (C=O) groups excluding carboxylic acids is 1. The quantitative estimate of drug-likeness (QED) is 0.496. The molecule has 5 rings (SSSR count). The summed E-state index contributed by atoms with van der Waals surface area (Å²) in [5.41, 5.74) is 2.63. The molecule has 1 aliphatic heterocycles. The lowest BCUT2D eigenvalue weighted by Gasteiger charge is -2.22. The van der Waals surface area contributed by atoms with Gasteiger partial charge in [0.2, 0.25) is 11.7 Å². The topological polar surface area (TPSA) is 59.2 Å². The first-order valence-electron chi connectivity index (χ1n) is 10.8. The second-order valence-corrected chi connectivity index (χ2v) is 9.11. The van der Waals surface area contributed by atoms with Crippen molar-refractivity contribution in [2.24, 2.45) is 0 Å². The van der Waals surface area contributed by atoms with Crippen molar-refractivity contribution in [2.75, 3.05) is 11.4 Å². The van der Waals surface area contributed by atoms with Crippen molar-refractivity contribution < 1.29 is 9.32 Å². The summed E-state index contributed by atoms with van der Waals surface area (Å²) >= 11 is 1.63. The minimum atomic E-state index is 0.0607. The molecule has 0 spiro atoms. The Labute approximate surface area is 180 Å². The van der Waals surface area contributed by atoms with E-state index < -0.39 is 0 Å². The molecule has 30 heavy (non-hydrogen) atoms. The smallest absolute Gasteiger partial charge is 0.259 e. The second-order valence-electron chi connectivity index (χ2n) is 8.03. The van der Waals surface area contributed by atoms with E-state index in [1.807, 2.05) is 41.3 Å². The fourth-order valence-electron chi connectivity index (χ4n) is 4.38. The van der Waals surface area contributed by atoms with Crippen LogP contribution in [0, 0.1) is 0 Å². The van der Waals surface area contributed by atoms with Gasteiger partial charge in [0, 0.05) is 27.8 Å². The molecule has 0 saturated heterocycles. The fraction of sp³-hybridized carbons (Fsp3) is 0.375. The summed E-state index contributed by atoms with van der Waals surface area (Å²) in [4.78, 5) is 21.8. The average molecular weight is 420 g/mol. The molecule has 3 aromatic rings. The number of hydrogen-bond acceptors (Lipinski definition) is 5. The van der Waals surface area contributed by atoms with Crippen LogP contribution in [0.4, 0.5) is 5.69 Å². The summed E-state index contributed by atoms with van der Waals surface area (Å²) in [6, 6.07) is 13.9. The van der Waals surface area contributed by atoms with Crippen LogP contribution in [-0.4, -0.2) is 22.6 Å². The molecule has 1 aromatic heterocycles. The number of carbonyl (C=O) groups is 1. The van der Waals surface area contributed by atoms with Crippen LogP contribution < -0.4 is 4.90 Å². The van der Waals surface area contributed by atoms with E-state index in [-0.39, 0.29) is 5.91 Å². The monoisotopic (exact) mass is 419 g/mol. The van der Waals surface area contributed by atoms with Gasteiger partial charge >= 0.3 is 0 Å². The van der Waals surface area contributed by atoms with Crippen molar-refractivity contribution in [3.05, 3.63) is 53.9 Å². The highest BCUT2D eigenvalue weighted by molar-refractivity contribution is 7.99. The van der Waals surface area contributed by atoms with Crippen LogP contribution in [-0.2, 0) is 0 Å². The van der Waals surface area contributed by atoms with E-state index in [9.17, 15) is 4.79 Å². The van der Waals surface area contributed by atoms with E-state index in [0.29, 0.717) is 18.3 Å². The van der Waals surface area contributed by atoms with E-state index in [1.165, 1.54) is 19.3 Å². The van der Waals surface area contributed by atoms with Crippen molar-refractivity contribution in [3.8, 4) is 11.4 Å². The molecule has 2 aromatic carbocycles. The summed E-state index contributed by atoms with van der Waals surface area (Å²) in [5.74, 6) is 1.84. The lowest BCUT2D eigenvalue weighted by atomic mass is 9.89. The standard InChI is InChI=1S/C24H25N3O2S/c1-2-14-27-19-13-12-17(22-25-23(29-26-22)16-8-4-3-5-9-16)15-21(19)30-20-11-7-6-10-18(20)24(27)28/h6-7,10-13,15-16H,2-5,8-9,14H2,1H3. The molecule has 1 saturated carbocycles. The number of rotatable bonds is 4. The zero-order valence-electron chi connectivity index (χ0n) is 17.1. The normalized spacial score (nSPS) is 16.8. The van der Waals surface area contributed by atoms with E-state index in [0.717, 1.165) is 51.8 Å². The van der Waals surface area contributed by atoms with Gasteiger partial charge in [0.15, 0.2) is 0 Å². The highest BCUT2D eigenvalue weighted by Crippen LogP contribution is 2.43. The van der Waals surface area contributed by atoms with Crippen LogP contribution in [0.25, 0.3) is 11.4 Å². The van der Waals surface area contributed by atoms with E-state index in [2.05, 4.69) is 18.1 Å². The molecule has 0 atom stereocenters. The molecule has 1 aliphatic carbocycles. The van der Waals surface area contributed by atoms with Gasteiger partial charge in [-0.3, -0.25) is 4.79 Å². The largest absolute Gasteiger partial charge is 0.339 e. The number of benzene rings is 2. The molecule has 154 valence electrons. The SMILES string of the molecule is CCCN1C(=O)c2ccccc2Sc2cc(-c3noc(C4CCCCC4)n3)ccc21. The van der Waals surface area contributed by atoms with Crippen LogP contribution in [0.3, 0.4) is 0 Å². The zero-order chi connectivity index (χ0) is 20.5. The van der Waals surface area contributed by atoms with E-state index >= 15 is 0 Å². The zero-order valence-corrected chi connectivity index (χ0v) is 18.0. The van der Waals surface area contributed by atoms with Gasteiger partial charge in [-0.2, -0.15) is 4.98 Å². The molecule has 0 N–H and O–H groups in total. The summed E-state index contributed by atoms with van der Waals surface area (Å²) in [5, 5.41) is 4.27. The van der Waals surface area contributed by atoms with E-state index in [1.54, 1.807) is 11.8 Å². The third-order valence-corrected chi connectivity index (χ3v) is 7.06. The molecule has 2 aliphatic rings. The highest BCUT2D eigenvalue weighted by Gasteiger charge is 2.28. The van der Waals surface area contributed by atoms with Crippen LogP contribution in [0.1, 0.15) is 67.6 Å². The number of hydrogen-bond donors (Lipinski definition) is 0. The fourth-order valence-corrected chi connectivity index (χ4v) is 5.49. The predicted octanol–water partition coefficient (Wildman–Crippen LogP) is 6.31. The van der Waals surface area contributed by atoms with Gasteiger partial charge in [0.1, 0.15) is 0 Å². The lowest BCUT2D eigenvalue weighted by Crippen LogP contribution is -2.31. The molecule has 1 fully saturated rings. The van der Waals surface area contributed by atoms with Crippen LogP contribution in [0.15, 0.2) is 56.8 Å². The molecule has 0 unspecified atom stereocenters. The number of nitrogens with zero attached hydrogens (tertiary/aromatic N) is 3. The Morgan fingerprint density at radius 3 is 2.77 bits per heavy atom. The van der Waals surface area contributed by atoms with Gasteiger partial charge in [0.25, 0.3) is 5.91 Å². The Balaban J connectivity index is 1.52. The molecular weight excluding hydrogens is 394 g/mol. The van der Waals surface area contributed by atoms with Crippen molar-refractivity contribution in [1.82, 2.24) is 10.1 Å². The lowest BCUT2D eigenvalue weighted by molar-refractivity contribution is 0.0984. The van der Waals surface area contributed by atoms with Crippen LogP contribution in [0.5, 0.6) is 0 Å². The Bertz CT molecular complexity index is 1070. The first-order chi connectivity index (χ1) is 14.7. The predicted molar refractivity (Wildman–Crippen MR) is 118 cm³/mol. The molecule has 0 radical (unpaired) electrons. The average Bonchev–Trinajstić information content (AvgIpc) is 3.25. The third kappa shape index (κ3) is 3.54. The number of amides is 1. The van der Waals surface area contributed by atoms with Crippen molar-refractivity contribution in [2.45, 2.75) is 61.2 Å². The summed E-state index contributed by atoms with van der Waals surface area (Å²) < 4.78 is 5.63. The highest BCUT2D eigenvalue weighted by atomic mass is 32.2. The van der Waals surface area contributed by atoms with Crippen molar-refractivity contribution in [3.63, 3.8) is 0 Å². The number of anilines is 1. The summed E-state index contributed by atoms with van der Waals surface area (Å²) in [6.45, 7) is 2.78. The van der Waals surface area contributed by atoms with Crippen LogP contribution in [0.2, 0.25) is 0 Å².